The fourth-order valence-electron chi connectivity index (χ4n) is 5.07. The molecule has 1 saturated carbocycles. The standard InChI is InChI=1S/C24H50P/c1-4-7-10-16-21-25(22-17-11-8-5-2,23-18-12-9-6-3)24-19-14-13-15-20-24/h24H,4-23H2,1-3H3/q+1. The van der Waals surface area contributed by atoms with Crippen molar-refractivity contribution in [1.82, 2.24) is 0 Å². The minimum Gasteiger partial charge on any atom is -0.0654 e. The van der Waals surface area contributed by atoms with Crippen LogP contribution in [0, 0.1) is 0 Å². The van der Waals surface area contributed by atoms with Gasteiger partial charge in [0.25, 0.3) is 0 Å². The van der Waals surface area contributed by atoms with Crippen LogP contribution in [0.1, 0.15) is 130 Å². The van der Waals surface area contributed by atoms with Gasteiger partial charge in [-0.3, -0.25) is 0 Å². The van der Waals surface area contributed by atoms with Gasteiger partial charge in [-0.05, 0) is 64.2 Å². The van der Waals surface area contributed by atoms with Crippen LogP contribution in [-0.4, -0.2) is 24.1 Å². The number of hydrogen-bond acceptors (Lipinski definition) is 0. The van der Waals surface area contributed by atoms with Gasteiger partial charge in [-0.25, -0.2) is 0 Å². The monoisotopic (exact) mass is 369 g/mol. The average molecular weight is 370 g/mol. The summed E-state index contributed by atoms with van der Waals surface area (Å²) in [5.41, 5.74) is 1.17. The van der Waals surface area contributed by atoms with Crippen LogP contribution >= 0.6 is 7.26 Å². The summed E-state index contributed by atoms with van der Waals surface area (Å²) in [6.45, 7) is 7.08. The fourth-order valence-corrected chi connectivity index (χ4v) is 10.9. The maximum absolute atomic E-state index is 2.36. The van der Waals surface area contributed by atoms with Crippen LogP contribution in [0.25, 0.3) is 0 Å². The molecular formula is C24H50P+. The number of rotatable bonds is 16. The quantitative estimate of drug-likeness (QED) is 0.188. The van der Waals surface area contributed by atoms with E-state index in [4.69, 9.17) is 0 Å². The molecule has 25 heavy (non-hydrogen) atoms. The highest BCUT2D eigenvalue weighted by molar-refractivity contribution is 7.76. The molecule has 0 atom stereocenters. The third-order valence-electron chi connectivity index (χ3n) is 6.72. The van der Waals surface area contributed by atoms with Gasteiger partial charge in [-0.2, -0.15) is 0 Å². The highest BCUT2D eigenvalue weighted by Gasteiger charge is 2.44. The van der Waals surface area contributed by atoms with Crippen molar-refractivity contribution in [2.24, 2.45) is 0 Å². The Morgan fingerprint density at radius 3 is 1.28 bits per heavy atom. The molecule has 0 aliphatic heterocycles. The molecule has 150 valence electrons. The summed E-state index contributed by atoms with van der Waals surface area (Å²) in [6, 6.07) is 0. The first-order valence-corrected chi connectivity index (χ1v) is 14.6. The van der Waals surface area contributed by atoms with Gasteiger partial charge in [-0.15, -0.1) is 0 Å². The minimum absolute atomic E-state index is 0.692. The highest BCUT2D eigenvalue weighted by atomic mass is 31.2. The molecule has 0 aromatic rings. The molecule has 0 unspecified atom stereocenters. The predicted octanol–water partition coefficient (Wildman–Crippen LogP) is 9.08. The van der Waals surface area contributed by atoms with Crippen LogP contribution in [0.15, 0.2) is 0 Å². The molecule has 0 nitrogen and oxygen atoms in total. The smallest absolute Gasteiger partial charge is 0.0654 e. The van der Waals surface area contributed by atoms with Gasteiger partial charge >= 0.3 is 0 Å². The van der Waals surface area contributed by atoms with Crippen LogP contribution in [0.3, 0.4) is 0 Å². The van der Waals surface area contributed by atoms with E-state index in [9.17, 15) is 0 Å². The van der Waals surface area contributed by atoms with Gasteiger partial charge in [-0.1, -0.05) is 65.7 Å². The zero-order valence-electron chi connectivity index (χ0n) is 18.2. The summed E-state index contributed by atoms with van der Waals surface area (Å²) in [6.07, 6.45) is 30.6. The van der Waals surface area contributed by atoms with E-state index in [-0.39, 0.29) is 0 Å². The third-order valence-corrected chi connectivity index (χ3v) is 12.4. The summed E-state index contributed by atoms with van der Waals surface area (Å²) in [4.78, 5) is 0. The van der Waals surface area contributed by atoms with E-state index in [1.165, 1.54) is 69.9 Å². The molecule has 0 aromatic carbocycles. The van der Waals surface area contributed by atoms with Crippen molar-refractivity contribution in [3.63, 3.8) is 0 Å². The zero-order valence-corrected chi connectivity index (χ0v) is 19.1. The summed E-state index contributed by atoms with van der Waals surface area (Å²) >= 11 is 0. The molecule has 0 aromatic heterocycles. The summed E-state index contributed by atoms with van der Waals surface area (Å²) in [5, 5.41) is 0. The van der Waals surface area contributed by atoms with Crippen LogP contribution in [0.2, 0.25) is 0 Å². The molecule has 0 spiro atoms. The zero-order chi connectivity index (χ0) is 18.2. The molecule has 0 heterocycles. The minimum atomic E-state index is -0.692. The van der Waals surface area contributed by atoms with Crippen LogP contribution in [0.5, 0.6) is 0 Å². The first-order chi connectivity index (χ1) is 12.3. The Hall–Kier alpha value is 0.430. The summed E-state index contributed by atoms with van der Waals surface area (Å²) in [7, 11) is -0.692. The lowest BCUT2D eigenvalue weighted by Crippen LogP contribution is -2.25. The van der Waals surface area contributed by atoms with E-state index < -0.39 is 7.26 Å². The van der Waals surface area contributed by atoms with Gasteiger partial charge in [0.2, 0.25) is 0 Å². The molecule has 1 rings (SSSR count). The normalized spacial score (nSPS) is 16.4. The molecule has 0 bridgehead atoms. The number of hydrogen-bond donors (Lipinski definition) is 0. The van der Waals surface area contributed by atoms with Crippen LogP contribution in [-0.2, 0) is 0 Å². The lowest BCUT2D eigenvalue weighted by atomic mass is 10.0. The second-order valence-electron chi connectivity index (χ2n) is 8.86. The second-order valence-corrected chi connectivity index (χ2v) is 13.4. The molecule has 0 saturated heterocycles. The van der Waals surface area contributed by atoms with E-state index in [1.54, 1.807) is 63.4 Å². The molecule has 0 radical (unpaired) electrons. The van der Waals surface area contributed by atoms with Crippen molar-refractivity contribution in [2.45, 2.75) is 136 Å². The Morgan fingerprint density at radius 1 is 0.520 bits per heavy atom. The molecule has 1 aliphatic rings. The van der Waals surface area contributed by atoms with Gasteiger partial charge in [0.1, 0.15) is 0 Å². The maximum Gasteiger partial charge on any atom is 0.0697 e. The second kappa shape index (κ2) is 15.5. The van der Waals surface area contributed by atoms with E-state index in [2.05, 4.69) is 20.8 Å². The van der Waals surface area contributed by atoms with Gasteiger partial charge in [0.05, 0.1) is 24.1 Å². The van der Waals surface area contributed by atoms with Crippen molar-refractivity contribution in [3.05, 3.63) is 0 Å². The lowest BCUT2D eigenvalue weighted by Gasteiger charge is -2.38. The summed E-state index contributed by atoms with van der Waals surface area (Å²) in [5.74, 6) is 0. The Labute approximate surface area is 161 Å². The van der Waals surface area contributed by atoms with Crippen molar-refractivity contribution in [2.75, 3.05) is 18.5 Å². The largest absolute Gasteiger partial charge is 0.0697 e. The Balaban J connectivity index is 2.69. The SMILES string of the molecule is CCCCCC[P+](CCCCCC)(CCCCCC)C1CCCCC1. The van der Waals surface area contributed by atoms with Crippen LogP contribution in [0.4, 0.5) is 0 Å². The predicted molar refractivity (Wildman–Crippen MR) is 121 cm³/mol. The Bertz CT molecular complexity index is 249. The molecule has 1 fully saturated rings. The summed E-state index contributed by atoms with van der Waals surface area (Å²) < 4.78 is 0. The highest BCUT2D eigenvalue weighted by Crippen LogP contribution is 2.67. The van der Waals surface area contributed by atoms with Gasteiger partial charge in [0.15, 0.2) is 0 Å². The Morgan fingerprint density at radius 2 is 0.920 bits per heavy atom. The molecular weight excluding hydrogens is 319 g/mol. The topological polar surface area (TPSA) is 0 Å². The van der Waals surface area contributed by atoms with E-state index in [0.29, 0.717) is 0 Å². The molecule has 1 aliphatic carbocycles. The van der Waals surface area contributed by atoms with Crippen molar-refractivity contribution >= 4 is 7.26 Å². The van der Waals surface area contributed by atoms with Crippen LogP contribution < -0.4 is 0 Å². The molecule has 0 amide bonds. The molecule has 1 heteroatoms. The number of unbranched alkanes of at least 4 members (excludes halogenated alkanes) is 9. The fraction of sp³-hybridized carbons (Fsp3) is 1.00. The lowest BCUT2D eigenvalue weighted by molar-refractivity contribution is 0.503. The van der Waals surface area contributed by atoms with Gasteiger partial charge in [0, 0.05) is 7.26 Å². The molecule has 0 N–H and O–H groups in total. The van der Waals surface area contributed by atoms with Gasteiger partial charge < -0.3 is 0 Å². The average Bonchev–Trinajstić information content (AvgIpc) is 2.66. The van der Waals surface area contributed by atoms with Crippen molar-refractivity contribution in [3.8, 4) is 0 Å². The van der Waals surface area contributed by atoms with E-state index in [0.717, 1.165) is 0 Å². The Kier molecular flexibility index (Phi) is 14.5. The van der Waals surface area contributed by atoms with Crippen molar-refractivity contribution < 1.29 is 0 Å². The first-order valence-electron chi connectivity index (χ1n) is 12.1. The van der Waals surface area contributed by atoms with E-state index >= 15 is 0 Å². The maximum atomic E-state index is 2.36. The van der Waals surface area contributed by atoms with Crippen molar-refractivity contribution in [1.29, 1.82) is 0 Å². The third kappa shape index (κ3) is 9.79. The first kappa shape index (κ1) is 23.5. The van der Waals surface area contributed by atoms with E-state index in [1.807, 2.05) is 0 Å².